The smallest absolute Gasteiger partial charge is 0.336 e. The predicted octanol–water partition coefficient (Wildman–Crippen LogP) is 4.72. The zero-order valence-corrected chi connectivity index (χ0v) is 16.1. The fourth-order valence-corrected chi connectivity index (χ4v) is 4.16. The first-order chi connectivity index (χ1) is 12.0. The van der Waals surface area contributed by atoms with E-state index in [1.165, 1.54) is 31.7 Å². The molecular weight excluding hydrogens is 332 g/mol. The van der Waals surface area contributed by atoms with Gasteiger partial charge in [0.2, 0.25) is 0 Å². The van der Waals surface area contributed by atoms with Crippen molar-refractivity contribution in [1.82, 2.24) is 4.72 Å². The van der Waals surface area contributed by atoms with E-state index < -0.39 is 0 Å². The van der Waals surface area contributed by atoms with E-state index in [0.29, 0.717) is 16.9 Å². The third-order valence-corrected chi connectivity index (χ3v) is 5.91. The van der Waals surface area contributed by atoms with Crippen molar-refractivity contribution in [1.29, 1.82) is 0 Å². The molecule has 1 aromatic heterocycles. The van der Waals surface area contributed by atoms with Crippen LogP contribution < -0.4 is 15.7 Å². The van der Waals surface area contributed by atoms with Crippen molar-refractivity contribution in [3.63, 3.8) is 0 Å². The quantitative estimate of drug-likeness (QED) is 0.577. The summed E-state index contributed by atoms with van der Waals surface area (Å²) >= 11 is 1.86. The van der Waals surface area contributed by atoms with Crippen LogP contribution in [-0.4, -0.2) is 17.8 Å². The molecule has 25 heavy (non-hydrogen) atoms. The largest absolute Gasteiger partial charge is 0.423 e. The van der Waals surface area contributed by atoms with Crippen molar-refractivity contribution >= 4 is 28.6 Å². The van der Waals surface area contributed by atoms with Gasteiger partial charge in [-0.2, -0.15) is 0 Å². The van der Waals surface area contributed by atoms with Gasteiger partial charge in [-0.25, -0.2) is 4.79 Å². The Morgan fingerprint density at radius 3 is 2.64 bits per heavy atom. The number of hydrogen-bond donors (Lipinski definition) is 2. The predicted molar refractivity (Wildman–Crippen MR) is 107 cm³/mol. The van der Waals surface area contributed by atoms with Gasteiger partial charge in [-0.1, -0.05) is 25.8 Å². The fraction of sp³-hybridized carbons (Fsp3) is 0.550. The number of aryl methyl sites for hydroxylation is 1. The van der Waals surface area contributed by atoms with E-state index in [-0.39, 0.29) is 5.63 Å². The van der Waals surface area contributed by atoms with Gasteiger partial charge >= 0.3 is 5.63 Å². The maximum Gasteiger partial charge on any atom is 0.336 e. The van der Waals surface area contributed by atoms with Crippen LogP contribution in [0.2, 0.25) is 0 Å². The second kappa shape index (κ2) is 8.28. The summed E-state index contributed by atoms with van der Waals surface area (Å²) in [6, 6.07) is 7.91. The molecular formula is C20H28N2O2S. The van der Waals surface area contributed by atoms with Crippen molar-refractivity contribution < 1.29 is 4.42 Å². The molecule has 1 aliphatic rings. The first-order valence-corrected chi connectivity index (χ1v) is 10.1. The Bertz CT molecular complexity index is 764. The first-order valence-electron chi connectivity index (χ1n) is 9.21. The molecule has 0 aliphatic heterocycles. The molecule has 1 aliphatic carbocycles. The summed E-state index contributed by atoms with van der Waals surface area (Å²) in [4.78, 5) is 11.3. The number of benzene rings is 1. The van der Waals surface area contributed by atoms with Crippen LogP contribution in [0.5, 0.6) is 0 Å². The highest BCUT2D eigenvalue weighted by Gasteiger charge is 2.21. The molecule has 4 nitrogen and oxygen atoms in total. The maximum atomic E-state index is 11.3. The van der Waals surface area contributed by atoms with Gasteiger partial charge in [0, 0.05) is 35.0 Å². The molecule has 1 saturated carbocycles. The van der Waals surface area contributed by atoms with Crippen LogP contribution >= 0.6 is 11.9 Å². The van der Waals surface area contributed by atoms with Gasteiger partial charge in [0.1, 0.15) is 5.58 Å². The highest BCUT2D eigenvalue weighted by Crippen LogP contribution is 2.28. The Kier molecular flexibility index (Phi) is 6.07. The van der Waals surface area contributed by atoms with E-state index in [1.54, 1.807) is 0 Å². The van der Waals surface area contributed by atoms with Gasteiger partial charge in [0.15, 0.2) is 0 Å². The molecule has 2 N–H and O–H groups in total. The van der Waals surface area contributed by atoms with Crippen LogP contribution in [-0.2, 0) is 0 Å². The zero-order valence-electron chi connectivity index (χ0n) is 15.3. The Morgan fingerprint density at radius 2 is 1.92 bits per heavy atom. The van der Waals surface area contributed by atoms with E-state index in [0.717, 1.165) is 29.1 Å². The molecule has 1 fully saturated rings. The molecule has 0 spiro atoms. The monoisotopic (exact) mass is 360 g/mol. The molecule has 0 amide bonds. The van der Waals surface area contributed by atoms with Crippen LogP contribution in [0.1, 0.15) is 45.1 Å². The molecule has 0 saturated heterocycles. The lowest BCUT2D eigenvalue weighted by atomic mass is 9.86. The first kappa shape index (κ1) is 18.3. The maximum absolute atomic E-state index is 11.3. The summed E-state index contributed by atoms with van der Waals surface area (Å²) in [5, 5.41) is 5.25. The van der Waals surface area contributed by atoms with Crippen molar-refractivity contribution in [3.8, 4) is 0 Å². The summed E-state index contributed by atoms with van der Waals surface area (Å²) in [6.07, 6.45) is 5.05. The third kappa shape index (κ3) is 4.79. The average Bonchev–Trinajstić information content (AvgIpc) is 2.60. The summed E-state index contributed by atoms with van der Waals surface area (Å²) in [5.74, 6) is 0.728. The van der Waals surface area contributed by atoms with Crippen molar-refractivity contribution in [2.45, 2.75) is 57.7 Å². The molecule has 0 bridgehead atoms. The van der Waals surface area contributed by atoms with Gasteiger partial charge in [-0.05, 0) is 62.3 Å². The Hall–Kier alpha value is -1.46. The van der Waals surface area contributed by atoms with E-state index in [2.05, 4.69) is 30.8 Å². The summed E-state index contributed by atoms with van der Waals surface area (Å²) in [5.41, 5.74) is 2.64. The Morgan fingerprint density at radius 1 is 1.16 bits per heavy atom. The van der Waals surface area contributed by atoms with Crippen LogP contribution in [0.3, 0.4) is 0 Å². The number of rotatable bonds is 6. The number of nitrogens with one attached hydrogen (secondary N) is 2. The molecule has 2 aromatic rings. The van der Waals surface area contributed by atoms with E-state index in [4.69, 9.17) is 4.42 Å². The second-order valence-corrected chi connectivity index (χ2v) is 8.70. The van der Waals surface area contributed by atoms with Crippen molar-refractivity contribution in [3.05, 3.63) is 40.2 Å². The lowest BCUT2D eigenvalue weighted by Crippen LogP contribution is -2.31. The van der Waals surface area contributed by atoms with Gasteiger partial charge in [-0.15, -0.1) is 0 Å². The minimum Gasteiger partial charge on any atom is -0.423 e. The Balaban J connectivity index is 1.54. The lowest BCUT2D eigenvalue weighted by molar-refractivity contribution is 0.328. The zero-order chi connectivity index (χ0) is 17.8. The van der Waals surface area contributed by atoms with Crippen molar-refractivity contribution in [2.24, 2.45) is 5.92 Å². The number of fused-ring (bicyclic) bond motifs is 1. The van der Waals surface area contributed by atoms with Crippen molar-refractivity contribution in [2.75, 3.05) is 11.9 Å². The molecule has 136 valence electrons. The average molecular weight is 361 g/mol. The van der Waals surface area contributed by atoms with Gasteiger partial charge in [0.25, 0.3) is 0 Å². The topological polar surface area (TPSA) is 54.3 Å². The summed E-state index contributed by atoms with van der Waals surface area (Å²) in [7, 11) is 0. The van der Waals surface area contributed by atoms with E-state index in [1.807, 2.05) is 30.1 Å². The fourth-order valence-electron chi connectivity index (χ4n) is 3.46. The van der Waals surface area contributed by atoms with E-state index >= 15 is 0 Å². The lowest BCUT2D eigenvalue weighted by Gasteiger charge is -2.29. The van der Waals surface area contributed by atoms with Crippen LogP contribution in [0.4, 0.5) is 5.69 Å². The molecule has 1 heterocycles. The van der Waals surface area contributed by atoms with Crippen LogP contribution in [0.15, 0.2) is 33.5 Å². The minimum atomic E-state index is -0.298. The number of anilines is 1. The standard InChI is InChI=1S/C20H28N2O2S/c1-13(2)25-22-16-6-4-15(5-7-16)12-21-18-9-10-19-17(14(18)3)8-11-20(23)24-19/h8-11,13,15-16,21-22H,4-7,12H2,1-3H3. The SMILES string of the molecule is Cc1c(NCC2CCC(NSC(C)C)CC2)ccc2oc(=O)ccc12. The minimum absolute atomic E-state index is 0.298. The number of hydrogen-bond acceptors (Lipinski definition) is 5. The molecule has 0 atom stereocenters. The molecule has 1 aromatic carbocycles. The van der Waals surface area contributed by atoms with Gasteiger partial charge < -0.3 is 9.73 Å². The van der Waals surface area contributed by atoms with Crippen LogP contribution in [0.25, 0.3) is 11.0 Å². The van der Waals surface area contributed by atoms with Crippen LogP contribution in [0, 0.1) is 12.8 Å². The molecule has 3 rings (SSSR count). The summed E-state index contributed by atoms with van der Waals surface area (Å²) in [6.45, 7) is 7.54. The third-order valence-electron chi connectivity index (χ3n) is 4.97. The van der Waals surface area contributed by atoms with Gasteiger partial charge in [0.05, 0.1) is 0 Å². The molecule has 0 unspecified atom stereocenters. The Labute approximate surface area is 153 Å². The highest BCUT2D eigenvalue weighted by molar-refractivity contribution is 7.98. The highest BCUT2D eigenvalue weighted by atomic mass is 32.2. The second-order valence-electron chi connectivity index (χ2n) is 7.29. The van der Waals surface area contributed by atoms with Gasteiger partial charge in [-0.3, -0.25) is 4.72 Å². The normalized spacial score (nSPS) is 21.0. The summed E-state index contributed by atoms with van der Waals surface area (Å²) < 4.78 is 8.86. The molecule has 5 heteroatoms. The molecule has 0 radical (unpaired) electrons. The van der Waals surface area contributed by atoms with E-state index in [9.17, 15) is 4.79 Å².